The largest absolute Gasteiger partial charge is 0.477 e. The molecule has 39 heavy (non-hydrogen) atoms. The molecule has 0 spiro atoms. The third-order valence-corrected chi connectivity index (χ3v) is 6.10. The fourth-order valence-electron chi connectivity index (χ4n) is 4.00. The number of fused-ring (bicyclic) bond motifs is 1. The lowest BCUT2D eigenvalue weighted by molar-refractivity contribution is 0.0706. The van der Waals surface area contributed by atoms with E-state index in [0.29, 0.717) is 35.3 Å². The Morgan fingerprint density at radius 2 is 2.05 bits per heavy atom. The van der Waals surface area contributed by atoms with Crippen LogP contribution >= 0.6 is 0 Å². The summed E-state index contributed by atoms with van der Waals surface area (Å²) in [6.45, 7) is 4.37. The van der Waals surface area contributed by atoms with Crippen LogP contribution in [-0.4, -0.2) is 52.4 Å². The monoisotopic (exact) mass is 534 g/mol. The Balaban J connectivity index is 1.45. The van der Waals surface area contributed by atoms with Crippen LogP contribution in [0.4, 0.5) is 14.5 Å². The molecule has 1 aliphatic heterocycles. The van der Waals surface area contributed by atoms with E-state index in [2.05, 4.69) is 31.3 Å². The Hall–Kier alpha value is -4.76. The molecular weight excluding hydrogens is 510 g/mol. The number of halogens is 2. The average molecular weight is 535 g/mol. The lowest BCUT2D eigenvalue weighted by atomic mass is 9.93. The summed E-state index contributed by atoms with van der Waals surface area (Å²) in [4.78, 5) is 15.7. The number of benzene rings is 1. The van der Waals surface area contributed by atoms with E-state index in [4.69, 9.17) is 14.2 Å². The molecule has 12 heteroatoms. The van der Waals surface area contributed by atoms with Crippen LogP contribution in [0.3, 0.4) is 0 Å². The van der Waals surface area contributed by atoms with Crippen LogP contribution < -0.4 is 14.8 Å². The summed E-state index contributed by atoms with van der Waals surface area (Å²) in [6, 6.07) is 7.39. The molecule has 5 rings (SSSR count). The van der Waals surface area contributed by atoms with Crippen molar-refractivity contribution in [2.75, 3.05) is 31.7 Å². The van der Waals surface area contributed by atoms with Crippen LogP contribution in [0.15, 0.2) is 47.8 Å². The summed E-state index contributed by atoms with van der Waals surface area (Å²) in [5.41, 5.74) is 1.35. The molecule has 0 saturated carbocycles. The van der Waals surface area contributed by atoms with E-state index in [9.17, 15) is 10.4 Å². The topological polar surface area (TPSA) is 138 Å². The first-order valence-electron chi connectivity index (χ1n) is 12.1. The molecule has 200 valence electrons. The van der Waals surface area contributed by atoms with Gasteiger partial charge in [0.15, 0.2) is 17.4 Å². The first-order chi connectivity index (χ1) is 18.8. The second-order valence-electron chi connectivity index (χ2n) is 9.23. The minimum atomic E-state index is -0.953. The smallest absolute Gasteiger partial charge is 0.289 e. The molecule has 1 aromatic carbocycles. The van der Waals surface area contributed by atoms with E-state index in [-0.39, 0.29) is 42.1 Å². The fraction of sp³-hybridized carbons (Fsp3) is 0.259. The minimum absolute atomic E-state index is 0.0791. The zero-order valence-electron chi connectivity index (χ0n) is 21.1. The molecule has 0 bridgehead atoms. The first-order valence-corrected chi connectivity index (χ1v) is 12.1. The molecule has 1 aliphatic rings. The average Bonchev–Trinajstić information content (AvgIpc) is 3.38. The van der Waals surface area contributed by atoms with Gasteiger partial charge in [0.2, 0.25) is 5.88 Å². The van der Waals surface area contributed by atoms with Crippen LogP contribution in [0.25, 0.3) is 22.2 Å². The fourth-order valence-corrected chi connectivity index (χ4v) is 4.00. The Morgan fingerprint density at radius 3 is 2.72 bits per heavy atom. The number of hydrogen-bond donors (Lipinski definition) is 3. The van der Waals surface area contributed by atoms with Crippen molar-refractivity contribution in [3.63, 3.8) is 0 Å². The summed E-state index contributed by atoms with van der Waals surface area (Å²) in [6.07, 6.45) is 4.63. The predicted molar refractivity (Wildman–Crippen MR) is 139 cm³/mol. The number of amidine groups is 1. The second kappa shape index (κ2) is 10.5. The lowest BCUT2D eigenvalue weighted by Gasteiger charge is -2.30. The van der Waals surface area contributed by atoms with Crippen molar-refractivity contribution in [2.24, 2.45) is 10.4 Å². The number of hydrogen-bond acceptors (Lipinski definition) is 9. The van der Waals surface area contributed by atoms with Crippen molar-refractivity contribution in [3.05, 3.63) is 60.1 Å². The van der Waals surface area contributed by atoms with E-state index >= 15 is 8.78 Å². The van der Waals surface area contributed by atoms with Gasteiger partial charge in [-0.3, -0.25) is 0 Å². The number of aliphatic hydroxyl groups excluding tert-OH is 1. The number of aromatic nitrogens is 3. The third-order valence-electron chi connectivity index (χ3n) is 6.10. The van der Waals surface area contributed by atoms with E-state index in [0.717, 1.165) is 12.1 Å². The van der Waals surface area contributed by atoms with Crippen molar-refractivity contribution in [3.8, 4) is 34.6 Å². The van der Waals surface area contributed by atoms with Crippen molar-refractivity contribution in [2.45, 2.75) is 13.8 Å². The molecule has 1 atom stereocenters. The Labute approximate surface area is 221 Å². The summed E-state index contributed by atoms with van der Waals surface area (Å²) in [5, 5.41) is 22.1. The third kappa shape index (κ3) is 5.17. The van der Waals surface area contributed by atoms with Crippen molar-refractivity contribution in [1.29, 1.82) is 5.26 Å². The molecule has 0 aliphatic carbocycles. The number of aromatic amines is 1. The first kappa shape index (κ1) is 25.9. The number of nitriles is 1. The highest BCUT2D eigenvalue weighted by molar-refractivity contribution is 5.98. The summed E-state index contributed by atoms with van der Waals surface area (Å²) in [5.74, 6) is -2.16. The Kier molecular flexibility index (Phi) is 7.00. The summed E-state index contributed by atoms with van der Waals surface area (Å²) >= 11 is 0. The number of rotatable bonds is 7. The Bertz CT molecular complexity index is 1590. The standard InChI is InChI=1S/C27H24F2N6O4/c1-3-37-25-15(9-30)6-16(10-33-25)18-11-32-24-22(18)21(4-5-31-24)39-23-19(28)7-17(8-20(23)29)35-26-34-12-27(2,13-36)14-38-26/h4-8,10-11,36H,3,12-14H2,1-2H3,(H,31,32)(H,34,35)/t27-/m1/s1. The highest BCUT2D eigenvalue weighted by Crippen LogP contribution is 2.39. The number of ether oxygens (including phenoxy) is 3. The van der Waals surface area contributed by atoms with Crippen LogP contribution in [0.1, 0.15) is 19.4 Å². The predicted octanol–water partition coefficient (Wildman–Crippen LogP) is 4.76. The van der Waals surface area contributed by atoms with Gasteiger partial charge in [-0.15, -0.1) is 0 Å². The molecule has 0 radical (unpaired) electrons. The Morgan fingerprint density at radius 1 is 1.26 bits per heavy atom. The molecule has 0 unspecified atom stereocenters. The van der Waals surface area contributed by atoms with Crippen LogP contribution in [0.5, 0.6) is 17.4 Å². The number of nitrogens with zero attached hydrogens (tertiary/aromatic N) is 4. The molecular formula is C27H24F2N6O4. The maximum absolute atomic E-state index is 15.1. The molecule has 0 saturated heterocycles. The van der Waals surface area contributed by atoms with Crippen molar-refractivity contribution >= 4 is 22.7 Å². The quantitative estimate of drug-likeness (QED) is 0.309. The van der Waals surface area contributed by atoms with Crippen molar-refractivity contribution < 1.29 is 28.1 Å². The number of aliphatic imine (C=N–C) groups is 1. The normalized spacial score (nSPS) is 16.8. The van der Waals surface area contributed by atoms with Crippen LogP contribution in [0.2, 0.25) is 0 Å². The lowest BCUT2D eigenvalue weighted by Crippen LogP contribution is -2.38. The number of pyridine rings is 2. The van der Waals surface area contributed by atoms with Gasteiger partial charge in [0, 0.05) is 53.0 Å². The van der Waals surface area contributed by atoms with Gasteiger partial charge in [-0.25, -0.2) is 23.7 Å². The van der Waals surface area contributed by atoms with Gasteiger partial charge >= 0.3 is 0 Å². The molecule has 3 aromatic heterocycles. The van der Waals surface area contributed by atoms with Gasteiger partial charge < -0.3 is 29.6 Å². The summed E-state index contributed by atoms with van der Waals surface area (Å²) < 4.78 is 46.8. The number of aliphatic hydroxyl groups is 1. The molecule has 4 aromatic rings. The van der Waals surface area contributed by atoms with Gasteiger partial charge in [0.1, 0.15) is 29.6 Å². The molecule has 4 heterocycles. The van der Waals surface area contributed by atoms with Gasteiger partial charge in [-0.05, 0) is 19.1 Å². The number of nitrogens with one attached hydrogen (secondary N) is 2. The second-order valence-corrected chi connectivity index (χ2v) is 9.23. The van der Waals surface area contributed by atoms with Crippen LogP contribution in [-0.2, 0) is 4.74 Å². The molecule has 0 fully saturated rings. The molecule has 10 nitrogen and oxygen atoms in total. The highest BCUT2D eigenvalue weighted by Gasteiger charge is 2.29. The van der Waals surface area contributed by atoms with E-state index in [1.54, 1.807) is 19.2 Å². The maximum atomic E-state index is 15.1. The van der Waals surface area contributed by atoms with Gasteiger partial charge in [-0.1, -0.05) is 6.92 Å². The zero-order chi connectivity index (χ0) is 27.6. The molecule has 3 N–H and O–H groups in total. The summed E-state index contributed by atoms with van der Waals surface area (Å²) in [7, 11) is 0. The van der Waals surface area contributed by atoms with Gasteiger partial charge in [0.05, 0.1) is 25.1 Å². The minimum Gasteiger partial charge on any atom is -0.477 e. The zero-order valence-corrected chi connectivity index (χ0v) is 21.1. The van der Waals surface area contributed by atoms with Gasteiger partial charge in [0.25, 0.3) is 6.02 Å². The molecule has 0 amide bonds. The van der Waals surface area contributed by atoms with Crippen molar-refractivity contribution in [1.82, 2.24) is 15.0 Å². The van der Waals surface area contributed by atoms with E-state index < -0.39 is 22.8 Å². The number of anilines is 1. The maximum Gasteiger partial charge on any atom is 0.289 e. The highest BCUT2D eigenvalue weighted by atomic mass is 19.1. The van der Waals surface area contributed by atoms with Gasteiger partial charge in [-0.2, -0.15) is 5.26 Å². The van der Waals surface area contributed by atoms with E-state index in [1.165, 1.54) is 18.5 Å². The van der Waals surface area contributed by atoms with E-state index in [1.807, 2.05) is 6.92 Å². The SMILES string of the molecule is CCOc1ncc(-c2c[nH]c3nccc(Oc4c(F)cc(NC5=NC[C@](C)(CO)CO5)cc4F)c23)cc1C#N. The van der Waals surface area contributed by atoms with Crippen LogP contribution in [0, 0.1) is 28.4 Å². The number of H-pyrrole nitrogens is 1.